The topological polar surface area (TPSA) is 26.3 Å². The van der Waals surface area contributed by atoms with Crippen LogP contribution in [0, 0.1) is 0 Å². The van der Waals surface area contributed by atoms with Crippen LogP contribution in [0.15, 0.2) is 191 Å². The maximum absolute atomic E-state index is 6.14. The number of hydrogen-bond donors (Lipinski definition) is 0. The third-order valence-electron chi connectivity index (χ3n) is 11.4. The molecular weight excluding hydrogens is 689 g/mol. The number of furan rings is 2. The van der Waals surface area contributed by atoms with Crippen LogP contribution in [0.1, 0.15) is 34.5 Å². The van der Waals surface area contributed by atoms with Crippen molar-refractivity contribution in [3.8, 4) is 44.5 Å². The van der Waals surface area contributed by atoms with Gasteiger partial charge >= 0.3 is 0 Å². The van der Waals surface area contributed by atoms with Crippen LogP contribution in [0.2, 0.25) is 0 Å². The molecule has 0 N–H and O–H groups in total. The maximum atomic E-state index is 6.14. The summed E-state index contributed by atoms with van der Waals surface area (Å²) in [5.41, 5.74) is 16.3. The van der Waals surface area contributed by atoms with Gasteiger partial charge in [0.15, 0.2) is 0 Å². The van der Waals surface area contributed by atoms with Crippen LogP contribution >= 0.6 is 11.8 Å². The van der Waals surface area contributed by atoms with Gasteiger partial charge in [0.1, 0.15) is 22.3 Å². The Morgan fingerprint density at radius 2 is 0.673 bits per heavy atom. The van der Waals surface area contributed by atoms with Crippen LogP contribution < -0.4 is 0 Å². The Labute approximate surface area is 324 Å². The van der Waals surface area contributed by atoms with Crippen molar-refractivity contribution in [2.75, 3.05) is 0 Å². The van der Waals surface area contributed by atoms with Gasteiger partial charge in [0.25, 0.3) is 0 Å². The Balaban J connectivity index is 0.767. The minimum absolute atomic E-state index is 0.510. The van der Waals surface area contributed by atoms with Gasteiger partial charge in [-0.2, -0.15) is 0 Å². The van der Waals surface area contributed by atoms with E-state index in [9.17, 15) is 0 Å². The third-order valence-corrected chi connectivity index (χ3v) is 13.1. The lowest BCUT2D eigenvalue weighted by atomic mass is 9.96. The second-order valence-corrected chi connectivity index (χ2v) is 16.1. The summed E-state index contributed by atoms with van der Waals surface area (Å²) in [6.45, 7) is 0. The first-order valence-corrected chi connectivity index (χ1v) is 20.1. The first kappa shape index (κ1) is 32.2. The molecule has 10 aromatic rings. The monoisotopic (exact) mass is 724 g/mol. The molecule has 1 aliphatic heterocycles. The second-order valence-electron chi connectivity index (χ2n) is 14.6. The van der Waals surface area contributed by atoms with Crippen molar-refractivity contribution < 1.29 is 8.83 Å². The lowest BCUT2D eigenvalue weighted by Crippen LogP contribution is -1.90. The molecule has 2 atom stereocenters. The molecule has 0 saturated carbocycles. The molecule has 0 aliphatic carbocycles. The Bertz CT molecular complexity index is 2780. The molecule has 0 amide bonds. The quantitative estimate of drug-likeness (QED) is 0.171. The predicted molar refractivity (Wildman–Crippen MR) is 231 cm³/mol. The molecule has 1 aliphatic rings. The van der Waals surface area contributed by atoms with Gasteiger partial charge in [-0.3, -0.25) is 0 Å². The van der Waals surface area contributed by atoms with Crippen molar-refractivity contribution in [1.82, 2.24) is 0 Å². The summed E-state index contributed by atoms with van der Waals surface area (Å²) in [6, 6.07) is 65.7. The van der Waals surface area contributed by atoms with Gasteiger partial charge in [-0.25, -0.2) is 0 Å². The number of rotatable bonds is 6. The normalized spacial score (nSPS) is 15.8. The second kappa shape index (κ2) is 13.2. The van der Waals surface area contributed by atoms with E-state index >= 15 is 0 Å². The number of benzene rings is 8. The molecule has 11 rings (SSSR count). The highest BCUT2D eigenvalue weighted by molar-refractivity contribution is 8.00. The molecule has 55 heavy (non-hydrogen) atoms. The van der Waals surface area contributed by atoms with Crippen LogP contribution in [0.3, 0.4) is 0 Å². The van der Waals surface area contributed by atoms with Crippen LogP contribution in [0.5, 0.6) is 0 Å². The molecular formula is C52H36O2S. The van der Waals surface area contributed by atoms with Crippen molar-refractivity contribution in [2.45, 2.75) is 23.3 Å². The van der Waals surface area contributed by atoms with Gasteiger partial charge in [-0.15, -0.1) is 11.8 Å². The average molecular weight is 725 g/mol. The highest BCUT2D eigenvalue weighted by Crippen LogP contribution is 2.53. The first-order chi connectivity index (χ1) is 27.2. The third kappa shape index (κ3) is 5.66. The van der Waals surface area contributed by atoms with Crippen LogP contribution in [-0.2, 0) is 0 Å². The van der Waals surface area contributed by atoms with E-state index in [1.807, 2.05) is 24.3 Å². The highest BCUT2D eigenvalue weighted by atomic mass is 32.2. The Morgan fingerprint density at radius 1 is 0.327 bits per heavy atom. The van der Waals surface area contributed by atoms with Crippen LogP contribution in [0.25, 0.3) is 88.4 Å². The lowest BCUT2D eigenvalue weighted by molar-refractivity contribution is 0.668. The summed E-state index contributed by atoms with van der Waals surface area (Å²) in [4.78, 5) is 0. The fraction of sp³-hybridized carbons (Fsp3) is 0.0769. The number of thioether (sulfide) groups is 1. The fourth-order valence-electron chi connectivity index (χ4n) is 8.62. The SMILES string of the molecule is c1ccc2c(c1)oc1cccc(-c3ccc(-c4ccc(C5CCC(c6ccc(-c7ccc(-c8cccc9oc%10ccccc%10c89)cc7)cc6)S5)cc4)cc3)c12. The Hall–Kier alpha value is -6.29. The smallest absolute Gasteiger partial charge is 0.136 e. The van der Waals surface area contributed by atoms with Crippen molar-refractivity contribution in [1.29, 1.82) is 0 Å². The summed E-state index contributed by atoms with van der Waals surface area (Å²) in [7, 11) is 0. The van der Waals surface area contributed by atoms with E-state index in [1.54, 1.807) is 0 Å². The molecule has 1 fully saturated rings. The average Bonchev–Trinajstić information content (AvgIpc) is 4.00. The number of para-hydroxylation sites is 2. The molecule has 0 radical (unpaired) electrons. The zero-order valence-electron chi connectivity index (χ0n) is 30.1. The van der Waals surface area contributed by atoms with Crippen molar-refractivity contribution in [3.63, 3.8) is 0 Å². The van der Waals surface area contributed by atoms with E-state index in [0.29, 0.717) is 10.5 Å². The maximum Gasteiger partial charge on any atom is 0.136 e. The Morgan fingerprint density at radius 3 is 1.09 bits per heavy atom. The number of fused-ring (bicyclic) bond motifs is 6. The summed E-state index contributed by atoms with van der Waals surface area (Å²) in [5.74, 6) is 0. The van der Waals surface area contributed by atoms with Gasteiger partial charge in [-0.1, -0.05) is 158 Å². The minimum atomic E-state index is 0.510. The summed E-state index contributed by atoms with van der Waals surface area (Å²) in [5, 5.41) is 5.70. The van der Waals surface area contributed by atoms with Gasteiger partial charge in [0.05, 0.1) is 0 Å². The van der Waals surface area contributed by atoms with Gasteiger partial charge in [0.2, 0.25) is 0 Å². The summed E-state index contributed by atoms with van der Waals surface area (Å²) >= 11 is 2.11. The molecule has 262 valence electrons. The van der Waals surface area contributed by atoms with E-state index in [-0.39, 0.29) is 0 Å². The number of hydrogen-bond acceptors (Lipinski definition) is 3. The highest BCUT2D eigenvalue weighted by Gasteiger charge is 2.28. The molecule has 2 aromatic heterocycles. The molecule has 0 bridgehead atoms. The minimum Gasteiger partial charge on any atom is -0.456 e. The predicted octanol–water partition coefficient (Wildman–Crippen LogP) is 15.5. The molecule has 3 heterocycles. The van der Waals surface area contributed by atoms with Crippen LogP contribution in [-0.4, -0.2) is 0 Å². The summed E-state index contributed by atoms with van der Waals surface area (Å²) < 4.78 is 12.3. The van der Waals surface area contributed by atoms with Crippen molar-refractivity contribution >= 4 is 55.6 Å². The van der Waals surface area contributed by atoms with Gasteiger partial charge in [0, 0.05) is 32.0 Å². The molecule has 3 heteroatoms. The van der Waals surface area contributed by atoms with Crippen molar-refractivity contribution in [2.24, 2.45) is 0 Å². The molecule has 0 spiro atoms. The van der Waals surface area contributed by atoms with E-state index in [2.05, 4.69) is 169 Å². The summed E-state index contributed by atoms with van der Waals surface area (Å²) in [6.07, 6.45) is 2.39. The molecule has 2 unspecified atom stereocenters. The van der Waals surface area contributed by atoms with E-state index in [1.165, 1.54) is 79.2 Å². The van der Waals surface area contributed by atoms with Crippen LogP contribution in [0.4, 0.5) is 0 Å². The lowest BCUT2D eigenvalue weighted by Gasteiger charge is -2.14. The molecule has 1 saturated heterocycles. The zero-order valence-corrected chi connectivity index (χ0v) is 30.9. The van der Waals surface area contributed by atoms with E-state index in [0.717, 1.165) is 33.1 Å². The largest absolute Gasteiger partial charge is 0.456 e. The standard InChI is InChI=1S/C52H36O2S/c1-3-11-45-43(7-1)51-41(9-5-13-47(51)53-45)37-23-15-33(16-24-37)35-19-27-39(28-20-35)49-31-32-50(55-49)40-29-21-36(22-30-40)34-17-25-38(26-18-34)42-10-6-14-48-52(42)44-8-2-4-12-46(44)54-48/h1-30,49-50H,31-32H2. The van der Waals surface area contributed by atoms with Gasteiger partial charge in [-0.05, 0) is 92.7 Å². The zero-order chi connectivity index (χ0) is 36.3. The van der Waals surface area contributed by atoms with Crippen molar-refractivity contribution in [3.05, 3.63) is 193 Å². The van der Waals surface area contributed by atoms with E-state index in [4.69, 9.17) is 8.83 Å². The van der Waals surface area contributed by atoms with Gasteiger partial charge < -0.3 is 8.83 Å². The molecule has 2 nitrogen and oxygen atoms in total. The Kier molecular flexibility index (Phi) is 7.74. The fourth-order valence-corrected chi connectivity index (χ4v) is 10.2. The van der Waals surface area contributed by atoms with E-state index < -0.39 is 0 Å². The first-order valence-electron chi connectivity index (χ1n) is 19.1. The molecule has 8 aromatic carbocycles.